The maximum Gasteiger partial charge on any atom is 0.0906 e. The van der Waals surface area contributed by atoms with Gasteiger partial charge < -0.3 is 4.90 Å². The van der Waals surface area contributed by atoms with Gasteiger partial charge in [0.05, 0.1) is 6.67 Å². The molecule has 88 valence electrons. The zero-order valence-electron chi connectivity index (χ0n) is 9.74. The van der Waals surface area contributed by atoms with Crippen molar-refractivity contribution in [1.29, 1.82) is 0 Å². The zero-order chi connectivity index (χ0) is 11.2. The lowest BCUT2D eigenvalue weighted by molar-refractivity contribution is 0.200. The first kappa shape index (κ1) is 11.6. The molecule has 1 aliphatic heterocycles. The lowest BCUT2D eigenvalue weighted by Crippen LogP contribution is -2.35. The summed E-state index contributed by atoms with van der Waals surface area (Å²) >= 11 is 0. The molecule has 0 bridgehead atoms. The van der Waals surface area contributed by atoms with Crippen molar-refractivity contribution in [2.24, 2.45) is 0 Å². The Morgan fingerprint density at radius 2 is 2.06 bits per heavy atom. The van der Waals surface area contributed by atoms with Crippen LogP contribution >= 0.6 is 0 Å². The van der Waals surface area contributed by atoms with Gasteiger partial charge in [0.25, 0.3) is 0 Å². The SMILES string of the molecule is FCCCN1CCCC(c2ccccc2)C1. The summed E-state index contributed by atoms with van der Waals surface area (Å²) in [6, 6.07) is 10.7. The average Bonchev–Trinajstić information content (AvgIpc) is 2.38. The van der Waals surface area contributed by atoms with Crippen LogP contribution in [0.5, 0.6) is 0 Å². The summed E-state index contributed by atoms with van der Waals surface area (Å²) in [4.78, 5) is 2.40. The molecule has 0 N–H and O–H groups in total. The van der Waals surface area contributed by atoms with Crippen molar-refractivity contribution in [3.8, 4) is 0 Å². The Labute approximate surface area is 97.3 Å². The molecule has 0 radical (unpaired) electrons. The summed E-state index contributed by atoms with van der Waals surface area (Å²) in [7, 11) is 0. The average molecular weight is 221 g/mol. The van der Waals surface area contributed by atoms with E-state index in [0.29, 0.717) is 12.3 Å². The molecular formula is C14H20FN. The van der Waals surface area contributed by atoms with Crippen molar-refractivity contribution in [2.45, 2.75) is 25.2 Å². The molecule has 1 unspecified atom stereocenters. The molecule has 1 fully saturated rings. The van der Waals surface area contributed by atoms with Gasteiger partial charge in [-0.05, 0) is 37.3 Å². The smallest absolute Gasteiger partial charge is 0.0906 e. The van der Waals surface area contributed by atoms with Gasteiger partial charge in [-0.15, -0.1) is 0 Å². The second-order valence-electron chi connectivity index (χ2n) is 4.59. The largest absolute Gasteiger partial charge is 0.303 e. The van der Waals surface area contributed by atoms with E-state index in [9.17, 15) is 4.39 Å². The van der Waals surface area contributed by atoms with Crippen LogP contribution in [0.25, 0.3) is 0 Å². The molecule has 0 aliphatic carbocycles. The van der Waals surface area contributed by atoms with Gasteiger partial charge >= 0.3 is 0 Å². The van der Waals surface area contributed by atoms with Crippen LogP contribution < -0.4 is 0 Å². The maximum atomic E-state index is 12.1. The monoisotopic (exact) mass is 221 g/mol. The number of benzene rings is 1. The van der Waals surface area contributed by atoms with E-state index in [1.807, 2.05) is 0 Å². The fraction of sp³-hybridized carbons (Fsp3) is 0.571. The number of likely N-dealkylation sites (tertiary alicyclic amines) is 1. The number of nitrogens with zero attached hydrogens (tertiary/aromatic N) is 1. The molecule has 0 saturated carbocycles. The van der Waals surface area contributed by atoms with Gasteiger partial charge in [-0.2, -0.15) is 0 Å². The van der Waals surface area contributed by atoms with Gasteiger partial charge in [0.1, 0.15) is 0 Å². The van der Waals surface area contributed by atoms with Crippen molar-refractivity contribution < 1.29 is 4.39 Å². The zero-order valence-corrected chi connectivity index (χ0v) is 9.74. The third-order valence-electron chi connectivity index (χ3n) is 3.38. The Kier molecular flexibility index (Phi) is 4.34. The van der Waals surface area contributed by atoms with Gasteiger partial charge in [0.2, 0.25) is 0 Å². The fourth-order valence-corrected chi connectivity index (χ4v) is 2.54. The quantitative estimate of drug-likeness (QED) is 0.754. The molecule has 1 aromatic rings. The molecule has 1 atom stereocenters. The van der Waals surface area contributed by atoms with Crippen LogP contribution in [0.15, 0.2) is 30.3 Å². The van der Waals surface area contributed by atoms with Crippen molar-refractivity contribution in [3.05, 3.63) is 35.9 Å². The predicted octanol–water partition coefficient (Wildman–Crippen LogP) is 3.23. The van der Waals surface area contributed by atoms with Crippen LogP contribution in [0.1, 0.15) is 30.7 Å². The van der Waals surface area contributed by atoms with E-state index >= 15 is 0 Å². The second-order valence-corrected chi connectivity index (χ2v) is 4.59. The maximum absolute atomic E-state index is 12.1. The highest BCUT2D eigenvalue weighted by Gasteiger charge is 2.20. The molecular weight excluding hydrogens is 201 g/mol. The van der Waals surface area contributed by atoms with E-state index in [4.69, 9.17) is 0 Å². The molecule has 0 aromatic heterocycles. The number of hydrogen-bond acceptors (Lipinski definition) is 1. The highest BCUT2D eigenvalue weighted by molar-refractivity contribution is 5.20. The first-order valence-corrected chi connectivity index (χ1v) is 6.23. The summed E-state index contributed by atoms with van der Waals surface area (Å²) in [6.45, 7) is 2.97. The van der Waals surface area contributed by atoms with Crippen molar-refractivity contribution in [1.82, 2.24) is 4.90 Å². The number of rotatable bonds is 4. The lowest BCUT2D eigenvalue weighted by Gasteiger charge is -2.32. The fourth-order valence-electron chi connectivity index (χ4n) is 2.54. The van der Waals surface area contributed by atoms with Crippen molar-refractivity contribution in [3.63, 3.8) is 0 Å². The van der Waals surface area contributed by atoms with Crippen LogP contribution in [0, 0.1) is 0 Å². The molecule has 1 aliphatic rings. The lowest BCUT2D eigenvalue weighted by atomic mass is 9.90. The Bertz CT molecular complexity index is 299. The first-order valence-electron chi connectivity index (χ1n) is 6.23. The van der Waals surface area contributed by atoms with Gasteiger partial charge in [0, 0.05) is 13.1 Å². The number of alkyl halides is 1. The van der Waals surface area contributed by atoms with E-state index in [0.717, 1.165) is 19.6 Å². The molecule has 2 rings (SSSR count). The summed E-state index contributed by atoms with van der Waals surface area (Å²) in [5.41, 5.74) is 1.44. The summed E-state index contributed by atoms with van der Waals surface area (Å²) in [6.07, 6.45) is 3.20. The summed E-state index contributed by atoms with van der Waals surface area (Å²) in [5.74, 6) is 0.648. The highest BCUT2D eigenvalue weighted by atomic mass is 19.1. The van der Waals surface area contributed by atoms with E-state index in [-0.39, 0.29) is 6.67 Å². The molecule has 0 amide bonds. The Morgan fingerprint density at radius 1 is 1.25 bits per heavy atom. The molecule has 1 saturated heterocycles. The predicted molar refractivity (Wildman–Crippen MR) is 65.4 cm³/mol. The van der Waals surface area contributed by atoms with Gasteiger partial charge in [-0.3, -0.25) is 4.39 Å². The Balaban J connectivity index is 1.91. The summed E-state index contributed by atoms with van der Waals surface area (Å²) < 4.78 is 12.1. The topological polar surface area (TPSA) is 3.24 Å². The van der Waals surface area contributed by atoms with E-state index in [1.165, 1.54) is 18.4 Å². The normalized spacial score (nSPS) is 22.2. The number of halogens is 1. The molecule has 0 spiro atoms. The van der Waals surface area contributed by atoms with Crippen LogP contribution in [0.2, 0.25) is 0 Å². The molecule has 1 heterocycles. The third-order valence-corrected chi connectivity index (χ3v) is 3.38. The second kappa shape index (κ2) is 6.00. The van der Waals surface area contributed by atoms with Gasteiger partial charge in [-0.1, -0.05) is 30.3 Å². The number of hydrogen-bond donors (Lipinski definition) is 0. The molecule has 1 nitrogen and oxygen atoms in total. The molecule has 2 heteroatoms. The van der Waals surface area contributed by atoms with Crippen LogP contribution in [0.4, 0.5) is 4.39 Å². The van der Waals surface area contributed by atoms with Crippen LogP contribution in [-0.4, -0.2) is 31.2 Å². The third kappa shape index (κ3) is 3.05. The van der Waals surface area contributed by atoms with E-state index < -0.39 is 0 Å². The van der Waals surface area contributed by atoms with Crippen LogP contribution in [-0.2, 0) is 0 Å². The van der Waals surface area contributed by atoms with Crippen molar-refractivity contribution in [2.75, 3.05) is 26.3 Å². The minimum absolute atomic E-state index is 0.188. The van der Waals surface area contributed by atoms with Crippen LogP contribution in [0.3, 0.4) is 0 Å². The van der Waals surface area contributed by atoms with E-state index in [1.54, 1.807) is 0 Å². The molecule has 1 aromatic carbocycles. The standard InChI is InChI=1S/C14H20FN/c15-9-5-11-16-10-4-8-14(12-16)13-6-2-1-3-7-13/h1-3,6-7,14H,4-5,8-12H2. The first-order chi connectivity index (χ1) is 7.90. The van der Waals surface area contributed by atoms with Gasteiger partial charge in [-0.25, -0.2) is 0 Å². The Morgan fingerprint density at radius 3 is 2.81 bits per heavy atom. The summed E-state index contributed by atoms with van der Waals surface area (Å²) in [5, 5.41) is 0. The minimum atomic E-state index is -0.188. The minimum Gasteiger partial charge on any atom is -0.303 e. The highest BCUT2D eigenvalue weighted by Crippen LogP contribution is 2.26. The van der Waals surface area contributed by atoms with Gasteiger partial charge in [0.15, 0.2) is 0 Å². The molecule has 16 heavy (non-hydrogen) atoms. The Hall–Kier alpha value is -0.890. The number of piperidine rings is 1. The van der Waals surface area contributed by atoms with Crippen molar-refractivity contribution >= 4 is 0 Å². The van der Waals surface area contributed by atoms with E-state index in [2.05, 4.69) is 35.2 Å².